The summed E-state index contributed by atoms with van der Waals surface area (Å²) in [7, 11) is 2.23. The summed E-state index contributed by atoms with van der Waals surface area (Å²) in [6, 6.07) is 5.00. The SMILES string of the molecule is Cc1ccc(CN2CC[C@@]3(CO)CCCN(C)[C@@H]3C2)s1. The van der Waals surface area contributed by atoms with Gasteiger partial charge in [0.25, 0.3) is 0 Å². The molecule has 2 fully saturated rings. The lowest BCUT2D eigenvalue weighted by atomic mass is 9.69. The zero-order valence-electron chi connectivity index (χ0n) is 12.6. The Balaban J connectivity index is 1.69. The van der Waals surface area contributed by atoms with E-state index in [1.807, 2.05) is 11.3 Å². The second-order valence-electron chi connectivity index (χ2n) is 6.62. The molecule has 4 heteroatoms. The third-order valence-electron chi connectivity index (χ3n) is 5.27. The highest BCUT2D eigenvalue weighted by Gasteiger charge is 2.46. The number of fused-ring (bicyclic) bond motifs is 1. The van der Waals surface area contributed by atoms with Crippen molar-refractivity contribution in [2.75, 3.05) is 33.3 Å². The lowest BCUT2D eigenvalue weighted by Gasteiger charge is -2.53. The van der Waals surface area contributed by atoms with Gasteiger partial charge < -0.3 is 10.0 Å². The predicted molar refractivity (Wildman–Crippen MR) is 84.1 cm³/mol. The number of piperidine rings is 2. The maximum atomic E-state index is 9.93. The Morgan fingerprint density at radius 1 is 1.35 bits per heavy atom. The Kier molecular flexibility index (Phi) is 4.18. The molecule has 0 unspecified atom stereocenters. The van der Waals surface area contributed by atoms with Crippen LogP contribution in [0, 0.1) is 12.3 Å². The van der Waals surface area contributed by atoms with Gasteiger partial charge in [0.1, 0.15) is 0 Å². The van der Waals surface area contributed by atoms with Crippen molar-refractivity contribution in [1.82, 2.24) is 9.80 Å². The van der Waals surface area contributed by atoms with Crippen LogP contribution in [0.15, 0.2) is 12.1 Å². The van der Waals surface area contributed by atoms with Gasteiger partial charge in [-0.25, -0.2) is 0 Å². The first-order valence-corrected chi connectivity index (χ1v) is 8.53. The van der Waals surface area contributed by atoms with Crippen molar-refractivity contribution in [3.63, 3.8) is 0 Å². The van der Waals surface area contributed by atoms with E-state index < -0.39 is 0 Å². The van der Waals surface area contributed by atoms with E-state index in [1.54, 1.807) is 0 Å². The maximum absolute atomic E-state index is 9.93. The number of aliphatic hydroxyl groups excluding tert-OH is 1. The molecule has 0 aromatic carbocycles. The molecule has 0 aliphatic carbocycles. The minimum Gasteiger partial charge on any atom is -0.396 e. The van der Waals surface area contributed by atoms with Crippen molar-refractivity contribution in [1.29, 1.82) is 0 Å². The average Bonchev–Trinajstić information content (AvgIpc) is 2.85. The molecule has 20 heavy (non-hydrogen) atoms. The zero-order valence-corrected chi connectivity index (χ0v) is 13.5. The van der Waals surface area contributed by atoms with Gasteiger partial charge in [-0.1, -0.05) is 0 Å². The van der Waals surface area contributed by atoms with Crippen LogP contribution < -0.4 is 0 Å². The fraction of sp³-hybridized carbons (Fsp3) is 0.750. The van der Waals surface area contributed by atoms with Crippen LogP contribution in [0.4, 0.5) is 0 Å². The number of likely N-dealkylation sites (tertiary alicyclic amines) is 2. The molecule has 2 aliphatic heterocycles. The van der Waals surface area contributed by atoms with E-state index in [9.17, 15) is 5.11 Å². The van der Waals surface area contributed by atoms with Gasteiger partial charge in [-0.05, 0) is 58.5 Å². The van der Waals surface area contributed by atoms with E-state index in [0.29, 0.717) is 12.6 Å². The number of hydrogen-bond donors (Lipinski definition) is 1. The van der Waals surface area contributed by atoms with Crippen LogP contribution in [0.1, 0.15) is 29.0 Å². The van der Waals surface area contributed by atoms with Crippen molar-refractivity contribution in [2.24, 2.45) is 5.41 Å². The average molecular weight is 294 g/mol. The number of nitrogens with zero attached hydrogens (tertiary/aromatic N) is 2. The fourth-order valence-corrected chi connectivity index (χ4v) is 4.94. The number of likely N-dealkylation sites (N-methyl/N-ethyl adjacent to an activating group) is 1. The first kappa shape index (κ1) is 14.5. The van der Waals surface area contributed by atoms with Crippen LogP contribution in [0.2, 0.25) is 0 Å². The van der Waals surface area contributed by atoms with E-state index >= 15 is 0 Å². The van der Waals surface area contributed by atoms with E-state index in [4.69, 9.17) is 0 Å². The predicted octanol–water partition coefficient (Wildman–Crippen LogP) is 2.34. The minimum atomic E-state index is 0.162. The van der Waals surface area contributed by atoms with Crippen molar-refractivity contribution in [2.45, 2.75) is 38.8 Å². The summed E-state index contributed by atoms with van der Waals surface area (Å²) in [6.45, 7) is 7.02. The molecule has 0 saturated carbocycles. The summed E-state index contributed by atoms with van der Waals surface area (Å²) in [4.78, 5) is 7.92. The maximum Gasteiger partial charge on any atom is 0.0503 e. The van der Waals surface area contributed by atoms with Crippen LogP contribution in [0.3, 0.4) is 0 Å². The molecule has 2 atom stereocenters. The van der Waals surface area contributed by atoms with Gasteiger partial charge in [-0.3, -0.25) is 4.90 Å². The highest BCUT2D eigenvalue weighted by atomic mass is 32.1. The van der Waals surface area contributed by atoms with Gasteiger partial charge in [0.05, 0.1) is 6.61 Å². The van der Waals surface area contributed by atoms with Crippen LogP contribution in [-0.2, 0) is 6.54 Å². The molecule has 1 aromatic heterocycles. The summed E-state index contributed by atoms with van der Waals surface area (Å²) in [5.41, 5.74) is 0.162. The van der Waals surface area contributed by atoms with Crippen molar-refractivity contribution < 1.29 is 5.11 Å². The zero-order chi connectivity index (χ0) is 14.2. The molecule has 3 nitrogen and oxygen atoms in total. The molecule has 0 spiro atoms. The third-order valence-corrected chi connectivity index (χ3v) is 6.26. The molecule has 0 amide bonds. The van der Waals surface area contributed by atoms with Gasteiger partial charge in [-0.15, -0.1) is 11.3 Å². The molecule has 3 rings (SSSR count). The van der Waals surface area contributed by atoms with Crippen LogP contribution in [0.5, 0.6) is 0 Å². The van der Waals surface area contributed by atoms with Gasteiger partial charge in [0.15, 0.2) is 0 Å². The lowest BCUT2D eigenvalue weighted by Crippen LogP contribution is -2.61. The minimum absolute atomic E-state index is 0.162. The molecule has 2 aliphatic rings. The number of thiophene rings is 1. The van der Waals surface area contributed by atoms with Gasteiger partial charge in [0.2, 0.25) is 0 Å². The summed E-state index contributed by atoms with van der Waals surface area (Å²) in [6.07, 6.45) is 3.57. The summed E-state index contributed by atoms with van der Waals surface area (Å²) >= 11 is 1.91. The molecule has 0 bridgehead atoms. The Morgan fingerprint density at radius 3 is 2.90 bits per heavy atom. The standard InChI is InChI=1S/C16H26N2OS/c1-13-4-5-14(20-13)10-18-9-7-16(12-19)6-3-8-17(2)15(16)11-18/h4-5,15,19H,3,6-12H2,1-2H3/t15-,16-/m1/s1. The summed E-state index contributed by atoms with van der Waals surface area (Å²) in [5.74, 6) is 0. The first-order chi connectivity index (χ1) is 9.63. The topological polar surface area (TPSA) is 26.7 Å². The second kappa shape index (κ2) is 5.76. The largest absolute Gasteiger partial charge is 0.396 e. The molecular weight excluding hydrogens is 268 g/mol. The van der Waals surface area contributed by atoms with Gasteiger partial charge in [-0.2, -0.15) is 0 Å². The number of aryl methyl sites for hydroxylation is 1. The number of aliphatic hydroxyl groups is 1. The molecule has 3 heterocycles. The van der Waals surface area contributed by atoms with Crippen molar-refractivity contribution >= 4 is 11.3 Å². The van der Waals surface area contributed by atoms with E-state index in [-0.39, 0.29) is 5.41 Å². The Bertz CT molecular complexity index is 461. The van der Waals surface area contributed by atoms with Crippen LogP contribution in [-0.4, -0.2) is 54.2 Å². The van der Waals surface area contributed by atoms with Crippen LogP contribution in [0.25, 0.3) is 0 Å². The number of hydrogen-bond acceptors (Lipinski definition) is 4. The van der Waals surface area contributed by atoms with Crippen molar-refractivity contribution in [3.05, 3.63) is 21.9 Å². The van der Waals surface area contributed by atoms with Gasteiger partial charge >= 0.3 is 0 Å². The van der Waals surface area contributed by atoms with Crippen LogP contribution >= 0.6 is 11.3 Å². The first-order valence-electron chi connectivity index (χ1n) is 7.72. The monoisotopic (exact) mass is 294 g/mol. The van der Waals surface area contributed by atoms with E-state index in [0.717, 1.165) is 26.1 Å². The third kappa shape index (κ3) is 2.67. The molecule has 1 aromatic rings. The van der Waals surface area contributed by atoms with E-state index in [1.165, 1.54) is 29.1 Å². The smallest absolute Gasteiger partial charge is 0.0503 e. The fourth-order valence-electron chi connectivity index (χ4n) is 4.01. The molecule has 2 saturated heterocycles. The number of rotatable bonds is 3. The normalized spacial score (nSPS) is 32.2. The highest BCUT2D eigenvalue weighted by molar-refractivity contribution is 7.11. The molecule has 0 radical (unpaired) electrons. The van der Waals surface area contributed by atoms with Gasteiger partial charge in [0, 0.05) is 34.3 Å². The quantitative estimate of drug-likeness (QED) is 0.927. The molecule has 112 valence electrons. The summed E-state index contributed by atoms with van der Waals surface area (Å²) < 4.78 is 0. The summed E-state index contributed by atoms with van der Waals surface area (Å²) in [5, 5.41) is 9.93. The Labute approximate surface area is 126 Å². The lowest BCUT2D eigenvalue weighted by molar-refractivity contribution is -0.0682. The van der Waals surface area contributed by atoms with Crippen molar-refractivity contribution in [3.8, 4) is 0 Å². The molecule has 1 N–H and O–H groups in total. The second-order valence-corrected chi connectivity index (χ2v) is 7.99. The molecular formula is C16H26N2OS. The highest BCUT2D eigenvalue weighted by Crippen LogP contribution is 2.41. The van der Waals surface area contributed by atoms with E-state index in [2.05, 4.69) is 35.9 Å². The Hall–Kier alpha value is -0.420. The Morgan fingerprint density at radius 2 is 2.20 bits per heavy atom.